The second-order valence-corrected chi connectivity index (χ2v) is 5.55. The number of halogens is 2. The molecule has 0 unspecified atom stereocenters. The molecule has 1 aromatic heterocycles. The summed E-state index contributed by atoms with van der Waals surface area (Å²) in [5.41, 5.74) is 2.57. The minimum absolute atomic E-state index is 0.0312. The SMILES string of the molecule is Cc1c(COC(=O)Cc2ccc(F)cc2)noc1-c1ccc(F)cc1. The molecule has 0 aliphatic rings. The molecule has 3 rings (SSSR count). The lowest BCUT2D eigenvalue weighted by molar-refractivity contribution is -0.144. The van der Waals surface area contributed by atoms with Crippen LogP contribution in [-0.2, 0) is 22.6 Å². The van der Waals surface area contributed by atoms with Gasteiger partial charge in [-0.05, 0) is 48.9 Å². The van der Waals surface area contributed by atoms with Crippen LogP contribution in [0, 0.1) is 18.6 Å². The van der Waals surface area contributed by atoms with Crippen molar-refractivity contribution in [2.75, 3.05) is 0 Å². The normalized spacial score (nSPS) is 10.7. The van der Waals surface area contributed by atoms with Crippen molar-refractivity contribution in [3.8, 4) is 11.3 Å². The van der Waals surface area contributed by atoms with Crippen molar-refractivity contribution >= 4 is 5.97 Å². The first kappa shape index (κ1) is 16.8. The van der Waals surface area contributed by atoms with E-state index in [1.165, 1.54) is 36.4 Å². The van der Waals surface area contributed by atoms with Gasteiger partial charge in [-0.25, -0.2) is 8.78 Å². The molecule has 3 aromatic rings. The van der Waals surface area contributed by atoms with Gasteiger partial charge in [0.05, 0.1) is 6.42 Å². The average molecular weight is 343 g/mol. The molecular formula is C19H15F2NO3. The third kappa shape index (κ3) is 4.09. The van der Waals surface area contributed by atoms with E-state index in [1.54, 1.807) is 19.1 Å². The zero-order valence-electron chi connectivity index (χ0n) is 13.5. The zero-order valence-corrected chi connectivity index (χ0v) is 13.5. The molecule has 2 aromatic carbocycles. The van der Waals surface area contributed by atoms with Crippen molar-refractivity contribution in [3.05, 3.63) is 77.0 Å². The molecular weight excluding hydrogens is 328 g/mol. The number of carbonyl (C=O) groups is 1. The number of nitrogens with zero attached hydrogens (tertiary/aromatic N) is 1. The van der Waals surface area contributed by atoms with Crippen molar-refractivity contribution in [3.63, 3.8) is 0 Å². The summed E-state index contributed by atoms with van der Waals surface area (Å²) in [6.45, 7) is 1.76. The van der Waals surface area contributed by atoms with Crippen molar-refractivity contribution in [2.24, 2.45) is 0 Å². The Kier molecular flexibility index (Phi) is 4.88. The van der Waals surface area contributed by atoms with Crippen LogP contribution in [0.5, 0.6) is 0 Å². The zero-order chi connectivity index (χ0) is 17.8. The van der Waals surface area contributed by atoms with E-state index in [0.29, 0.717) is 22.6 Å². The van der Waals surface area contributed by atoms with Crippen LogP contribution in [0.25, 0.3) is 11.3 Å². The summed E-state index contributed by atoms with van der Waals surface area (Å²) in [5.74, 6) is -0.638. The van der Waals surface area contributed by atoms with Gasteiger partial charge in [-0.1, -0.05) is 17.3 Å². The predicted molar refractivity (Wildman–Crippen MR) is 86.5 cm³/mol. The van der Waals surface area contributed by atoms with Gasteiger partial charge in [-0.15, -0.1) is 0 Å². The molecule has 0 radical (unpaired) electrons. The molecule has 25 heavy (non-hydrogen) atoms. The molecule has 0 amide bonds. The first-order valence-corrected chi connectivity index (χ1v) is 7.64. The Morgan fingerprint density at radius 2 is 1.64 bits per heavy atom. The second kappa shape index (κ2) is 7.25. The van der Waals surface area contributed by atoms with Crippen molar-refractivity contribution in [1.82, 2.24) is 5.16 Å². The summed E-state index contributed by atoms with van der Waals surface area (Å²) < 4.78 is 36.3. The molecule has 128 valence electrons. The highest BCUT2D eigenvalue weighted by atomic mass is 19.1. The fourth-order valence-corrected chi connectivity index (χ4v) is 2.34. The second-order valence-electron chi connectivity index (χ2n) is 5.55. The van der Waals surface area contributed by atoms with Gasteiger partial charge in [-0.3, -0.25) is 4.79 Å². The van der Waals surface area contributed by atoms with Crippen LogP contribution in [0.3, 0.4) is 0 Å². The van der Waals surface area contributed by atoms with E-state index in [4.69, 9.17) is 9.26 Å². The molecule has 0 bridgehead atoms. The Bertz CT molecular complexity index is 871. The maximum Gasteiger partial charge on any atom is 0.310 e. The van der Waals surface area contributed by atoms with Gasteiger partial charge < -0.3 is 9.26 Å². The van der Waals surface area contributed by atoms with Crippen molar-refractivity contribution in [1.29, 1.82) is 0 Å². The Labute approximate surface area is 143 Å². The molecule has 4 nitrogen and oxygen atoms in total. The topological polar surface area (TPSA) is 52.3 Å². The fourth-order valence-electron chi connectivity index (χ4n) is 2.34. The molecule has 0 aliphatic carbocycles. The van der Waals surface area contributed by atoms with Gasteiger partial charge in [0.1, 0.15) is 23.9 Å². The molecule has 6 heteroatoms. The van der Waals surface area contributed by atoms with Crippen LogP contribution in [0.15, 0.2) is 53.1 Å². The fraction of sp³-hybridized carbons (Fsp3) is 0.158. The largest absolute Gasteiger partial charge is 0.459 e. The van der Waals surface area contributed by atoms with E-state index in [1.807, 2.05) is 0 Å². The minimum Gasteiger partial charge on any atom is -0.459 e. The molecule has 0 aliphatic heterocycles. The molecule has 0 atom stereocenters. The number of hydrogen-bond donors (Lipinski definition) is 0. The molecule has 0 fully saturated rings. The van der Waals surface area contributed by atoms with Crippen molar-refractivity contribution in [2.45, 2.75) is 20.0 Å². The molecule has 0 saturated carbocycles. The smallest absolute Gasteiger partial charge is 0.310 e. The summed E-state index contributed by atoms with van der Waals surface area (Å²) in [6.07, 6.45) is 0.0436. The first-order chi connectivity index (χ1) is 12.0. The lowest BCUT2D eigenvalue weighted by atomic mass is 10.1. The van der Waals surface area contributed by atoms with E-state index in [0.717, 1.165) is 5.56 Å². The Morgan fingerprint density at radius 3 is 2.28 bits per heavy atom. The van der Waals surface area contributed by atoms with Crippen LogP contribution in [0.1, 0.15) is 16.8 Å². The van der Waals surface area contributed by atoms with Crippen LogP contribution >= 0.6 is 0 Å². The number of ether oxygens (including phenoxy) is 1. The maximum absolute atomic E-state index is 13.0. The quantitative estimate of drug-likeness (QED) is 0.651. The Hall–Kier alpha value is -3.02. The van der Waals surface area contributed by atoms with E-state index in [2.05, 4.69) is 5.16 Å². The van der Waals surface area contributed by atoms with Gasteiger partial charge in [0.2, 0.25) is 0 Å². The number of carbonyl (C=O) groups excluding carboxylic acids is 1. The Morgan fingerprint density at radius 1 is 1.04 bits per heavy atom. The average Bonchev–Trinajstić information content (AvgIpc) is 2.97. The summed E-state index contributed by atoms with van der Waals surface area (Å²) in [4.78, 5) is 11.9. The summed E-state index contributed by atoms with van der Waals surface area (Å²) >= 11 is 0. The highest BCUT2D eigenvalue weighted by molar-refractivity contribution is 5.72. The number of esters is 1. The van der Waals surface area contributed by atoms with Crippen LogP contribution in [0.4, 0.5) is 8.78 Å². The van der Waals surface area contributed by atoms with Crippen LogP contribution in [0.2, 0.25) is 0 Å². The lowest BCUT2D eigenvalue weighted by Crippen LogP contribution is -2.08. The number of aromatic nitrogens is 1. The van der Waals surface area contributed by atoms with Crippen LogP contribution < -0.4 is 0 Å². The predicted octanol–water partition coefficient (Wildman–Crippen LogP) is 4.21. The van der Waals surface area contributed by atoms with E-state index in [9.17, 15) is 13.6 Å². The summed E-state index contributed by atoms with van der Waals surface area (Å²) in [7, 11) is 0. The highest BCUT2D eigenvalue weighted by Gasteiger charge is 2.15. The minimum atomic E-state index is -0.447. The molecule has 1 heterocycles. The molecule has 0 spiro atoms. The van der Waals surface area contributed by atoms with Crippen molar-refractivity contribution < 1.29 is 22.8 Å². The van der Waals surface area contributed by atoms with Gasteiger partial charge in [0, 0.05) is 11.1 Å². The molecule has 0 saturated heterocycles. The lowest BCUT2D eigenvalue weighted by Gasteiger charge is -2.04. The first-order valence-electron chi connectivity index (χ1n) is 7.64. The summed E-state index contributed by atoms with van der Waals surface area (Å²) in [6, 6.07) is 11.5. The van der Waals surface area contributed by atoms with Gasteiger partial charge in [0.15, 0.2) is 5.76 Å². The van der Waals surface area contributed by atoms with E-state index in [-0.39, 0.29) is 24.7 Å². The van der Waals surface area contributed by atoms with Gasteiger partial charge >= 0.3 is 5.97 Å². The maximum atomic E-state index is 13.0. The third-order valence-corrected chi connectivity index (χ3v) is 3.76. The van der Waals surface area contributed by atoms with Crippen LogP contribution in [-0.4, -0.2) is 11.1 Å². The third-order valence-electron chi connectivity index (χ3n) is 3.76. The summed E-state index contributed by atoms with van der Waals surface area (Å²) in [5, 5.41) is 3.91. The monoisotopic (exact) mass is 343 g/mol. The Balaban J connectivity index is 1.62. The van der Waals surface area contributed by atoms with E-state index >= 15 is 0 Å². The van der Waals surface area contributed by atoms with Gasteiger partial charge in [-0.2, -0.15) is 0 Å². The standard InChI is InChI=1S/C19H15F2NO3/c1-12-17(22-25-19(12)14-4-8-16(21)9-5-14)11-24-18(23)10-13-2-6-15(20)7-3-13/h2-9H,10-11H2,1H3. The highest BCUT2D eigenvalue weighted by Crippen LogP contribution is 2.26. The molecule has 0 N–H and O–H groups in total. The number of benzene rings is 2. The number of hydrogen-bond acceptors (Lipinski definition) is 4. The van der Waals surface area contributed by atoms with Gasteiger partial charge in [0.25, 0.3) is 0 Å². The van der Waals surface area contributed by atoms with E-state index < -0.39 is 5.97 Å². The number of rotatable bonds is 5.